The Morgan fingerprint density at radius 2 is 1.96 bits per heavy atom. The number of pyridine rings is 1. The molecule has 0 amide bonds. The number of hydrogen-bond donors (Lipinski definition) is 1. The number of hydrogen-bond acceptors (Lipinski definition) is 7. The lowest BCUT2D eigenvalue weighted by Crippen LogP contribution is -2.02. The van der Waals surface area contributed by atoms with Gasteiger partial charge in [-0.3, -0.25) is 4.98 Å². The summed E-state index contributed by atoms with van der Waals surface area (Å²) >= 11 is 1.46. The molecule has 3 rings (SSSR count). The summed E-state index contributed by atoms with van der Waals surface area (Å²) in [6.07, 6.45) is 1.74. The normalized spacial score (nSPS) is 10.3. The highest BCUT2D eigenvalue weighted by Gasteiger charge is 2.11. The van der Waals surface area contributed by atoms with Crippen LogP contribution in [0.3, 0.4) is 0 Å². The van der Waals surface area contributed by atoms with Gasteiger partial charge in [0, 0.05) is 18.3 Å². The minimum absolute atomic E-state index is 0.567. The number of para-hydroxylation sites is 1. The van der Waals surface area contributed by atoms with E-state index in [2.05, 4.69) is 20.5 Å². The third-order valence-electron chi connectivity index (χ3n) is 3.22. The van der Waals surface area contributed by atoms with Crippen LogP contribution in [0.1, 0.15) is 5.56 Å². The number of rotatable bonds is 6. The van der Waals surface area contributed by atoms with Gasteiger partial charge < -0.3 is 14.8 Å². The van der Waals surface area contributed by atoms with Crippen molar-refractivity contribution in [1.29, 1.82) is 0 Å². The van der Waals surface area contributed by atoms with Gasteiger partial charge >= 0.3 is 0 Å². The van der Waals surface area contributed by atoms with Gasteiger partial charge in [-0.25, -0.2) is 0 Å². The summed E-state index contributed by atoms with van der Waals surface area (Å²) in [5.41, 5.74) is 1.80. The molecule has 1 aromatic carbocycles. The number of methoxy groups -OCH3 is 2. The zero-order valence-corrected chi connectivity index (χ0v) is 13.6. The van der Waals surface area contributed by atoms with Crippen LogP contribution in [0.15, 0.2) is 42.6 Å². The van der Waals surface area contributed by atoms with Gasteiger partial charge in [0.1, 0.15) is 5.69 Å². The molecule has 0 atom stereocenters. The molecule has 2 heterocycles. The maximum atomic E-state index is 5.42. The molecule has 6 nitrogen and oxygen atoms in total. The highest BCUT2D eigenvalue weighted by atomic mass is 32.1. The van der Waals surface area contributed by atoms with E-state index in [-0.39, 0.29) is 0 Å². The summed E-state index contributed by atoms with van der Waals surface area (Å²) < 4.78 is 10.7. The van der Waals surface area contributed by atoms with Crippen LogP contribution in [0.5, 0.6) is 11.5 Å². The number of ether oxygens (including phenoxy) is 2. The standard InChI is InChI=1S/C16H16N4O2S/c1-21-13-8-5-6-11(14(13)22-2)10-18-16-20-19-15(23-16)12-7-3-4-9-17-12/h3-9H,10H2,1-2H3,(H,18,20). The average molecular weight is 328 g/mol. The first-order valence-corrected chi connectivity index (χ1v) is 7.82. The largest absolute Gasteiger partial charge is 0.493 e. The number of benzene rings is 1. The van der Waals surface area contributed by atoms with E-state index in [0.717, 1.165) is 27.1 Å². The quantitative estimate of drug-likeness (QED) is 0.749. The predicted octanol–water partition coefficient (Wildman–Crippen LogP) is 3.23. The lowest BCUT2D eigenvalue weighted by molar-refractivity contribution is 0.352. The van der Waals surface area contributed by atoms with Crippen LogP contribution in [0.4, 0.5) is 5.13 Å². The fourth-order valence-corrected chi connectivity index (χ4v) is 2.87. The number of anilines is 1. The summed E-state index contributed by atoms with van der Waals surface area (Å²) in [6, 6.07) is 11.5. The topological polar surface area (TPSA) is 69.2 Å². The van der Waals surface area contributed by atoms with Crippen LogP contribution >= 0.6 is 11.3 Å². The summed E-state index contributed by atoms with van der Waals surface area (Å²) in [5, 5.41) is 13.1. The molecule has 0 bridgehead atoms. The van der Waals surface area contributed by atoms with E-state index in [9.17, 15) is 0 Å². The zero-order chi connectivity index (χ0) is 16.1. The van der Waals surface area contributed by atoms with Crippen molar-refractivity contribution >= 4 is 16.5 Å². The molecule has 0 fully saturated rings. The van der Waals surface area contributed by atoms with Crippen LogP contribution in [0, 0.1) is 0 Å². The van der Waals surface area contributed by atoms with E-state index >= 15 is 0 Å². The summed E-state index contributed by atoms with van der Waals surface area (Å²) in [4.78, 5) is 4.27. The number of nitrogens with one attached hydrogen (secondary N) is 1. The van der Waals surface area contributed by atoms with Crippen molar-refractivity contribution in [3.05, 3.63) is 48.2 Å². The van der Waals surface area contributed by atoms with E-state index < -0.39 is 0 Å². The molecular weight excluding hydrogens is 312 g/mol. The maximum absolute atomic E-state index is 5.42. The molecule has 0 saturated carbocycles. The van der Waals surface area contributed by atoms with Crippen molar-refractivity contribution in [2.45, 2.75) is 6.54 Å². The Morgan fingerprint density at radius 1 is 1.04 bits per heavy atom. The molecule has 0 aliphatic rings. The van der Waals surface area contributed by atoms with Gasteiger partial charge in [0.15, 0.2) is 16.5 Å². The fourth-order valence-electron chi connectivity index (χ4n) is 2.15. The Balaban J connectivity index is 1.73. The van der Waals surface area contributed by atoms with Crippen molar-refractivity contribution in [1.82, 2.24) is 15.2 Å². The maximum Gasteiger partial charge on any atom is 0.206 e. The van der Waals surface area contributed by atoms with Crippen molar-refractivity contribution in [3.63, 3.8) is 0 Å². The summed E-state index contributed by atoms with van der Waals surface area (Å²) in [7, 11) is 3.25. The minimum atomic E-state index is 0.567. The van der Waals surface area contributed by atoms with Crippen LogP contribution in [0.25, 0.3) is 10.7 Å². The molecule has 0 aliphatic carbocycles. The molecule has 7 heteroatoms. The summed E-state index contributed by atoms with van der Waals surface area (Å²) in [6.45, 7) is 0.567. The highest BCUT2D eigenvalue weighted by Crippen LogP contribution is 2.31. The van der Waals surface area contributed by atoms with E-state index in [1.807, 2.05) is 36.4 Å². The third-order valence-corrected chi connectivity index (χ3v) is 4.13. The monoisotopic (exact) mass is 328 g/mol. The zero-order valence-electron chi connectivity index (χ0n) is 12.8. The molecule has 2 aromatic heterocycles. The van der Waals surface area contributed by atoms with Crippen LogP contribution in [-0.4, -0.2) is 29.4 Å². The van der Waals surface area contributed by atoms with Crippen molar-refractivity contribution in [2.75, 3.05) is 19.5 Å². The number of aromatic nitrogens is 3. The Bertz CT molecular complexity index is 777. The van der Waals surface area contributed by atoms with Gasteiger partial charge in [-0.1, -0.05) is 29.5 Å². The molecule has 0 aliphatic heterocycles. The molecular formula is C16H16N4O2S. The van der Waals surface area contributed by atoms with Crippen LogP contribution < -0.4 is 14.8 Å². The second-order valence-corrected chi connectivity index (χ2v) is 5.61. The van der Waals surface area contributed by atoms with E-state index in [0.29, 0.717) is 12.3 Å². The van der Waals surface area contributed by atoms with Crippen molar-refractivity contribution in [2.24, 2.45) is 0 Å². The highest BCUT2D eigenvalue weighted by molar-refractivity contribution is 7.18. The molecule has 3 aromatic rings. The van der Waals surface area contributed by atoms with E-state index in [1.54, 1.807) is 20.4 Å². The molecule has 0 spiro atoms. The smallest absolute Gasteiger partial charge is 0.206 e. The number of nitrogens with zero attached hydrogens (tertiary/aromatic N) is 3. The molecule has 118 valence electrons. The average Bonchev–Trinajstić information content (AvgIpc) is 3.09. The Hall–Kier alpha value is -2.67. The van der Waals surface area contributed by atoms with Crippen LogP contribution in [-0.2, 0) is 6.54 Å². The Kier molecular flexibility index (Phi) is 4.68. The van der Waals surface area contributed by atoms with E-state index in [1.165, 1.54) is 11.3 Å². The SMILES string of the molecule is COc1cccc(CNc2nnc(-c3ccccn3)s2)c1OC. The lowest BCUT2D eigenvalue weighted by Gasteiger charge is -2.12. The van der Waals surface area contributed by atoms with Gasteiger partial charge in [-0.15, -0.1) is 10.2 Å². The molecule has 1 N–H and O–H groups in total. The van der Waals surface area contributed by atoms with Crippen molar-refractivity contribution in [3.8, 4) is 22.2 Å². The van der Waals surface area contributed by atoms with Gasteiger partial charge in [0.05, 0.1) is 14.2 Å². The van der Waals surface area contributed by atoms with Crippen molar-refractivity contribution < 1.29 is 9.47 Å². The van der Waals surface area contributed by atoms with Gasteiger partial charge in [0.2, 0.25) is 5.13 Å². The Morgan fingerprint density at radius 3 is 2.70 bits per heavy atom. The molecule has 23 heavy (non-hydrogen) atoms. The fraction of sp³-hybridized carbons (Fsp3) is 0.188. The first-order chi connectivity index (χ1) is 11.3. The Labute approximate surface area is 138 Å². The molecule has 0 unspecified atom stereocenters. The third kappa shape index (κ3) is 3.40. The first-order valence-electron chi connectivity index (χ1n) is 7.00. The second-order valence-electron chi connectivity index (χ2n) is 4.63. The lowest BCUT2D eigenvalue weighted by atomic mass is 10.2. The summed E-state index contributed by atoms with van der Waals surface area (Å²) in [5.74, 6) is 1.43. The van der Waals surface area contributed by atoms with Gasteiger partial charge in [0.25, 0.3) is 0 Å². The first kappa shape index (κ1) is 15.2. The van der Waals surface area contributed by atoms with Gasteiger partial charge in [-0.2, -0.15) is 0 Å². The molecule has 0 radical (unpaired) electrons. The minimum Gasteiger partial charge on any atom is -0.493 e. The predicted molar refractivity (Wildman–Crippen MR) is 90.0 cm³/mol. The van der Waals surface area contributed by atoms with Gasteiger partial charge in [-0.05, 0) is 18.2 Å². The second kappa shape index (κ2) is 7.06. The molecule has 0 saturated heterocycles. The van der Waals surface area contributed by atoms with Crippen LogP contribution in [0.2, 0.25) is 0 Å². The van der Waals surface area contributed by atoms with E-state index in [4.69, 9.17) is 9.47 Å².